The lowest BCUT2D eigenvalue weighted by Gasteiger charge is -2.33. The summed E-state index contributed by atoms with van der Waals surface area (Å²) in [5.74, 6) is -0.729. The number of benzene rings is 2. The van der Waals surface area contributed by atoms with Gasteiger partial charge in [0.25, 0.3) is 0 Å². The lowest BCUT2D eigenvalue weighted by molar-refractivity contribution is -0.140. The van der Waals surface area contributed by atoms with Gasteiger partial charge in [-0.25, -0.2) is 8.42 Å². The number of anilines is 1. The van der Waals surface area contributed by atoms with Crippen molar-refractivity contribution in [2.75, 3.05) is 23.7 Å². The first-order valence-electron chi connectivity index (χ1n) is 10.9. The van der Waals surface area contributed by atoms with E-state index in [-0.39, 0.29) is 12.5 Å². The third kappa shape index (κ3) is 7.47. The molecule has 1 atom stereocenters. The second-order valence-corrected chi connectivity index (χ2v) is 10.2. The Morgan fingerprint density at radius 1 is 1.09 bits per heavy atom. The Morgan fingerprint density at radius 2 is 1.76 bits per heavy atom. The summed E-state index contributed by atoms with van der Waals surface area (Å²) in [7, 11) is -3.79. The van der Waals surface area contributed by atoms with Gasteiger partial charge >= 0.3 is 0 Å². The average molecular weight is 494 g/mol. The van der Waals surface area contributed by atoms with Gasteiger partial charge in [0.15, 0.2) is 0 Å². The molecule has 0 fully saturated rings. The molecule has 7 nitrogen and oxygen atoms in total. The number of sulfonamides is 1. The highest BCUT2D eigenvalue weighted by Gasteiger charge is 2.31. The number of aryl methyl sites for hydroxylation is 1. The van der Waals surface area contributed by atoms with Gasteiger partial charge in [0, 0.05) is 18.1 Å². The zero-order chi connectivity index (χ0) is 24.6. The molecule has 2 amide bonds. The molecule has 2 aromatic rings. The third-order valence-corrected chi connectivity index (χ3v) is 6.80. The molecule has 0 spiro atoms. The smallest absolute Gasteiger partial charge is 0.244 e. The van der Waals surface area contributed by atoms with Crippen molar-refractivity contribution in [1.29, 1.82) is 0 Å². The monoisotopic (exact) mass is 493 g/mol. The number of nitrogens with one attached hydrogen (secondary N) is 1. The number of carbonyl (C=O) groups excluding carboxylic acids is 2. The van der Waals surface area contributed by atoms with Gasteiger partial charge in [-0.05, 0) is 43.0 Å². The predicted molar refractivity (Wildman–Crippen MR) is 133 cm³/mol. The maximum atomic E-state index is 13.5. The fraction of sp³-hybridized carbons (Fsp3) is 0.417. The van der Waals surface area contributed by atoms with E-state index in [0.717, 1.165) is 28.1 Å². The number of hydrogen-bond acceptors (Lipinski definition) is 4. The highest BCUT2D eigenvalue weighted by molar-refractivity contribution is 7.92. The van der Waals surface area contributed by atoms with Gasteiger partial charge in [0.2, 0.25) is 21.8 Å². The summed E-state index contributed by atoms with van der Waals surface area (Å²) in [6.07, 6.45) is 2.20. The molecule has 0 aliphatic heterocycles. The Hall–Kier alpha value is -2.58. The van der Waals surface area contributed by atoms with Crippen molar-refractivity contribution in [1.82, 2.24) is 10.2 Å². The SMILES string of the molecule is CCCNC(=O)C(CC)N(Cc1ccccc1)C(=O)CN(c1ccc(C)c(Cl)c1)S(C)(=O)=O. The van der Waals surface area contributed by atoms with E-state index in [2.05, 4.69) is 5.32 Å². The highest BCUT2D eigenvalue weighted by atomic mass is 35.5. The minimum atomic E-state index is -3.79. The Balaban J connectivity index is 2.41. The molecule has 0 heterocycles. The zero-order valence-electron chi connectivity index (χ0n) is 19.5. The van der Waals surface area contributed by atoms with E-state index in [1.807, 2.05) is 51.1 Å². The van der Waals surface area contributed by atoms with E-state index in [1.54, 1.807) is 12.1 Å². The molecule has 2 rings (SSSR count). The molecule has 0 saturated heterocycles. The fourth-order valence-electron chi connectivity index (χ4n) is 3.42. The van der Waals surface area contributed by atoms with Crippen LogP contribution < -0.4 is 9.62 Å². The van der Waals surface area contributed by atoms with E-state index in [0.29, 0.717) is 23.7 Å². The highest BCUT2D eigenvalue weighted by Crippen LogP contribution is 2.25. The van der Waals surface area contributed by atoms with Crippen LogP contribution in [-0.4, -0.2) is 50.5 Å². The largest absolute Gasteiger partial charge is 0.354 e. The number of carbonyl (C=O) groups is 2. The average Bonchev–Trinajstić information content (AvgIpc) is 2.77. The maximum Gasteiger partial charge on any atom is 0.244 e. The number of amides is 2. The number of nitrogens with zero attached hydrogens (tertiary/aromatic N) is 2. The van der Waals surface area contributed by atoms with Gasteiger partial charge < -0.3 is 10.2 Å². The minimum Gasteiger partial charge on any atom is -0.354 e. The van der Waals surface area contributed by atoms with Crippen molar-refractivity contribution in [2.45, 2.75) is 46.2 Å². The van der Waals surface area contributed by atoms with Crippen LogP contribution in [0.5, 0.6) is 0 Å². The summed E-state index contributed by atoms with van der Waals surface area (Å²) in [4.78, 5) is 27.8. The predicted octanol–water partition coefficient (Wildman–Crippen LogP) is 3.75. The number of hydrogen-bond donors (Lipinski definition) is 1. The van der Waals surface area contributed by atoms with Crippen LogP contribution in [0.25, 0.3) is 0 Å². The molecule has 33 heavy (non-hydrogen) atoms. The van der Waals surface area contributed by atoms with Crippen molar-refractivity contribution in [2.24, 2.45) is 0 Å². The quantitative estimate of drug-likeness (QED) is 0.516. The molecule has 1 N–H and O–H groups in total. The first-order chi connectivity index (χ1) is 15.6. The van der Waals surface area contributed by atoms with Crippen LogP contribution in [0.1, 0.15) is 37.8 Å². The summed E-state index contributed by atoms with van der Waals surface area (Å²) >= 11 is 6.21. The summed E-state index contributed by atoms with van der Waals surface area (Å²) in [6, 6.07) is 13.4. The molecular formula is C24H32ClN3O4S. The van der Waals surface area contributed by atoms with Crippen molar-refractivity contribution >= 4 is 39.1 Å². The second kappa shape index (κ2) is 12.0. The summed E-state index contributed by atoms with van der Waals surface area (Å²) < 4.78 is 26.2. The van der Waals surface area contributed by atoms with E-state index in [4.69, 9.17) is 11.6 Å². The molecule has 180 valence electrons. The standard InChI is InChI=1S/C24H32ClN3O4S/c1-5-14-26-24(30)22(6-2)27(16-19-10-8-7-9-11-19)23(29)17-28(33(4,31)32)20-13-12-18(3)21(25)15-20/h7-13,15,22H,5-6,14,16-17H2,1-4H3,(H,26,30). The third-order valence-electron chi connectivity index (χ3n) is 5.25. The van der Waals surface area contributed by atoms with Gasteiger partial charge in [-0.3, -0.25) is 13.9 Å². The normalized spacial score (nSPS) is 12.2. The van der Waals surface area contributed by atoms with Crippen LogP contribution in [-0.2, 0) is 26.2 Å². The van der Waals surface area contributed by atoms with Crippen LogP contribution >= 0.6 is 11.6 Å². The maximum absolute atomic E-state index is 13.5. The van der Waals surface area contributed by atoms with Crippen LogP contribution in [0.2, 0.25) is 5.02 Å². The Bertz CT molecular complexity index is 1060. The minimum absolute atomic E-state index is 0.185. The van der Waals surface area contributed by atoms with E-state index >= 15 is 0 Å². The number of rotatable bonds is 11. The molecule has 1 unspecified atom stereocenters. The molecule has 0 aliphatic carbocycles. The topological polar surface area (TPSA) is 86.8 Å². The lowest BCUT2D eigenvalue weighted by Crippen LogP contribution is -2.52. The fourth-order valence-corrected chi connectivity index (χ4v) is 4.43. The first-order valence-corrected chi connectivity index (χ1v) is 13.2. The van der Waals surface area contributed by atoms with Crippen molar-refractivity contribution < 1.29 is 18.0 Å². The van der Waals surface area contributed by atoms with Gasteiger partial charge in [-0.15, -0.1) is 0 Å². The van der Waals surface area contributed by atoms with Crippen molar-refractivity contribution in [3.8, 4) is 0 Å². The van der Waals surface area contributed by atoms with Crippen molar-refractivity contribution in [3.05, 3.63) is 64.7 Å². The summed E-state index contributed by atoms with van der Waals surface area (Å²) in [5, 5.41) is 3.25. The van der Waals surface area contributed by atoms with Crippen LogP contribution in [0, 0.1) is 6.92 Å². The van der Waals surface area contributed by atoms with E-state index in [1.165, 1.54) is 11.0 Å². The Labute approximate surface area is 201 Å². The summed E-state index contributed by atoms with van der Waals surface area (Å²) in [6.45, 7) is 5.83. The van der Waals surface area contributed by atoms with E-state index in [9.17, 15) is 18.0 Å². The molecule has 0 bridgehead atoms. The first kappa shape index (κ1) is 26.7. The van der Waals surface area contributed by atoms with Gasteiger partial charge in [0.1, 0.15) is 12.6 Å². The molecule has 0 aromatic heterocycles. The number of halogens is 1. The molecule has 0 radical (unpaired) electrons. The molecule has 2 aromatic carbocycles. The molecular weight excluding hydrogens is 462 g/mol. The van der Waals surface area contributed by atoms with Crippen LogP contribution in [0.15, 0.2) is 48.5 Å². The Morgan fingerprint density at radius 3 is 2.30 bits per heavy atom. The lowest BCUT2D eigenvalue weighted by atomic mass is 10.1. The van der Waals surface area contributed by atoms with Gasteiger partial charge in [-0.2, -0.15) is 0 Å². The van der Waals surface area contributed by atoms with Gasteiger partial charge in [0.05, 0.1) is 11.9 Å². The molecule has 0 aliphatic rings. The van der Waals surface area contributed by atoms with Crippen molar-refractivity contribution in [3.63, 3.8) is 0 Å². The van der Waals surface area contributed by atoms with E-state index < -0.39 is 28.5 Å². The Kier molecular flexibility index (Phi) is 9.73. The second-order valence-electron chi connectivity index (χ2n) is 7.93. The van der Waals surface area contributed by atoms with Crippen LogP contribution in [0.3, 0.4) is 0 Å². The van der Waals surface area contributed by atoms with Crippen LogP contribution in [0.4, 0.5) is 5.69 Å². The zero-order valence-corrected chi connectivity index (χ0v) is 21.1. The molecule has 0 saturated carbocycles. The molecule has 9 heteroatoms. The van der Waals surface area contributed by atoms with Gasteiger partial charge in [-0.1, -0.05) is 61.8 Å². The summed E-state index contributed by atoms with van der Waals surface area (Å²) in [5.41, 5.74) is 1.94.